The van der Waals surface area contributed by atoms with Crippen LogP contribution in [-0.2, 0) is 25.5 Å². The second-order valence-electron chi connectivity index (χ2n) is 5.58. The van der Waals surface area contributed by atoms with Gasteiger partial charge in [-0.1, -0.05) is 42.5 Å². The monoisotopic (exact) mass is 370 g/mol. The number of rotatable bonds is 9. The molecule has 142 valence electrons. The molecule has 0 radical (unpaired) electrons. The number of para-hydroxylation sites is 2. The third-order valence-corrected chi connectivity index (χ3v) is 3.46. The van der Waals surface area contributed by atoms with Gasteiger partial charge in [-0.05, 0) is 24.6 Å². The first-order valence-corrected chi connectivity index (χ1v) is 8.56. The molecule has 0 aromatic heterocycles. The highest BCUT2D eigenvalue weighted by Gasteiger charge is 2.11. The molecule has 0 aliphatic heterocycles. The number of benzene rings is 2. The van der Waals surface area contributed by atoms with Crippen molar-refractivity contribution in [2.45, 2.75) is 13.3 Å². The van der Waals surface area contributed by atoms with Crippen molar-refractivity contribution >= 4 is 23.5 Å². The van der Waals surface area contributed by atoms with Gasteiger partial charge in [-0.2, -0.15) is 0 Å². The lowest BCUT2D eigenvalue weighted by molar-refractivity contribution is -0.147. The number of ether oxygens (including phenoxy) is 2. The van der Waals surface area contributed by atoms with E-state index >= 15 is 0 Å². The van der Waals surface area contributed by atoms with Crippen LogP contribution in [0.4, 0.5) is 5.69 Å². The highest BCUT2D eigenvalue weighted by atomic mass is 16.5. The molecule has 0 fully saturated rings. The maximum atomic E-state index is 11.9. The van der Waals surface area contributed by atoms with Gasteiger partial charge in [0.25, 0.3) is 5.91 Å². The van der Waals surface area contributed by atoms with Crippen LogP contribution in [0, 0.1) is 0 Å². The minimum atomic E-state index is -0.690. The van der Waals surface area contributed by atoms with Crippen LogP contribution in [-0.4, -0.2) is 37.5 Å². The Morgan fingerprint density at radius 1 is 0.926 bits per heavy atom. The van der Waals surface area contributed by atoms with Gasteiger partial charge in [-0.15, -0.1) is 0 Å². The normalized spacial score (nSPS) is 9.96. The zero-order valence-corrected chi connectivity index (χ0v) is 15.1. The van der Waals surface area contributed by atoms with Gasteiger partial charge in [0, 0.05) is 0 Å². The number of carbonyl (C=O) groups is 3. The zero-order valence-electron chi connectivity index (χ0n) is 15.1. The maximum absolute atomic E-state index is 11.9. The number of hydrogen-bond acceptors (Lipinski definition) is 5. The molecule has 0 aliphatic rings. The smallest absolute Gasteiger partial charge is 0.325 e. The molecule has 0 saturated carbocycles. The summed E-state index contributed by atoms with van der Waals surface area (Å²) in [6, 6.07) is 16.1. The summed E-state index contributed by atoms with van der Waals surface area (Å²) in [7, 11) is 0. The SMILES string of the molecule is CCOc1ccccc1NC(=O)COC(=O)CNC(=O)Cc1ccccc1. The Morgan fingerprint density at radius 3 is 2.37 bits per heavy atom. The minimum Gasteiger partial charge on any atom is -0.492 e. The molecule has 0 saturated heterocycles. The number of anilines is 1. The lowest BCUT2D eigenvalue weighted by Crippen LogP contribution is -2.33. The third kappa shape index (κ3) is 7.19. The molecule has 2 N–H and O–H groups in total. The van der Waals surface area contributed by atoms with Crippen LogP contribution in [0.2, 0.25) is 0 Å². The van der Waals surface area contributed by atoms with E-state index in [1.165, 1.54) is 0 Å². The highest BCUT2D eigenvalue weighted by molar-refractivity contribution is 5.94. The van der Waals surface area contributed by atoms with E-state index in [9.17, 15) is 14.4 Å². The fourth-order valence-electron chi connectivity index (χ4n) is 2.25. The number of nitrogens with one attached hydrogen (secondary N) is 2. The van der Waals surface area contributed by atoms with Gasteiger partial charge < -0.3 is 20.1 Å². The van der Waals surface area contributed by atoms with E-state index < -0.39 is 18.5 Å². The van der Waals surface area contributed by atoms with Crippen molar-refractivity contribution in [1.82, 2.24) is 5.32 Å². The van der Waals surface area contributed by atoms with Crippen molar-refractivity contribution in [1.29, 1.82) is 0 Å². The minimum absolute atomic E-state index is 0.169. The predicted octanol–water partition coefficient (Wildman–Crippen LogP) is 1.93. The molecule has 27 heavy (non-hydrogen) atoms. The molecule has 2 aromatic rings. The van der Waals surface area contributed by atoms with Crippen LogP contribution in [0.25, 0.3) is 0 Å². The Balaban J connectivity index is 1.70. The van der Waals surface area contributed by atoms with Gasteiger partial charge in [-0.25, -0.2) is 0 Å². The summed E-state index contributed by atoms with van der Waals surface area (Å²) >= 11 is 0. The summed E-state index contributed by atoms with van der Waals surface area (Å²) in [4.78, 5) is 35.4. The standard InChI is InChI=1S/C20H22N2O5/c1-2-26-17-11-7-6-10-16(17)22-19(24)14-27-20(25)13-21-18(23)12-15-8-4-3-5-9-15/h3-11H,2,12-14H2,1H3,(H,21,23)(H,22,24). The van der Waals surface area contributed by atoms with Crippen molar-refractivity contribution in [3.63, 3.8) is 0 Å². The van der Waals surface area contributed by atoms with E-state index in [1.54, 1.807) is 24.3 Å². The highest BCUT2D eigenvalue weighted by Crippen LogP contribution is 2.23. The Hall–Kier alpha value is -3.35. The quantitative estimate of drug-likeness (QED) is 0.658. The summed E-state index contributed by atoms with van der Waals surface area (Å²) in [5, 5.41) is 5.08. The molecule has 7 heteroatoms. The van der Waals surface area contributed by atoms with Crippen LogP contribution >= 0.6 is 0 Å². The van der Waals surface area contributed by atoms with Gasteiger partial charge >= 0.3 is 5.97 Å². The van der Waals surface area contributed by atoms with E-state index in [-0.39, 0.29) is 18.9 Å². The molecule has 0 atom stereocenters. The first-order chi connectivity index (χ1) is 13.1. The molecule has 7 nitrogen and oxygen atoms in total. The Bertz CT molecular complexity index is 777. The Kier molecular flexibility index (Phi) is 7.84. The average Bonchev–Trinajstić information content (AvgIpc) is 2.67. The zero-order chi connectivity index (χ0) is 19.5. The summed E-state index contributed by atoms with van der Waals surface area (Å²) in [6.07, 6.45) is 0.169. The largest absolute Gasteiger partial charge is 0.492 e. The lowest BCUT2D eigenvalue weighted by atomic mass is 10.1. The third-order valence-electron chi connectivity index (χ3n) is 3.46. The van der Waals surface area contributed by atoms with Gasteiger partial charge in [0.05, 0.1) is 18.7 Å². The van der Waals surface area contributed by atoms with Gasteiger partial charge in [-0.3, -0.25) is 14.4 Å². The molecule has 0 bridgehead atoms. The second kappa shape index (κ2) is 10.6. The lowest BCUT2D eigenvalue weighted by Gasteiger charge is -2.11. The number of amides is 2. The summed E-state index contributed by atoms with van der Waals surface area (Å²) < 4.78 is 10.3. The fraction of sp³-hybridized carbons (Fsp3) is 0.250. The van der Waals surface area contributed by atoms with Gasteiger partial charge in [0.1, 0.15) is 12.3 Å². The van der Waals surface area contributed by atoms with Crippen LogP contribution in [0.1, 0.15) is 12.5 Å². The van der Waals surface area contributed by atoms with Crippen molar-refractivity contribution in [3.05, 3.63) is 60.2 Å². The molecule has 0 heterocycles. The molecular weight excluding hydrogens is 348 g/mol. The van der Waals surface area contributed by atoms with E-state index in [4.69, 9.17) is 9.47 Å². The van der Waals surface area contributed by atoms with Crippen LogP contribution < -0.4 is 15.4 Å². The fourth-order valence-corrected chi connectivity index (χ4v) is 2.25. The molecule has 2 aromatic carbocycles. The van der Waals surface area contributed by atoms with Gasteiger partial charge in [0.2, 0.25) is 5.91 Å². The van der Waals surface area contributed by atoms with E-state index in [0.29, 0.717) is 18.0 Å². The number of carbonyl (C=O) groups excluding carboxylic acids is 3. The van der Waals surface area contributed by atoms with Gasteiger partial charge in [0.15, 0.2) is 6.61 Å². The topological polar surface area (TPSA) is 93.7 Å². The molecule has 2 amide bonds. The van der Waals surface area contributed by atoms with Crippen molar-refractivity contribution in [2.75, 3.05) is 25.1 Å². The Labute approximate surface area is 157 Å². The van der Waals surface area contributed by atoms with Crippen LogP contribution in [0.3, 0.4) is 0 Å². The van der Waals surface area contributed by atoms with Crippen LogP contribution in [0.5, 0.6) is 5.75 Å². The molecule has 0 spiro atoms. The molecule has 0 aliphatic carbocycles. The summed E-state index contributed by atoms with van der Waals surface area (Å²) in [5.74, 6) is -0.947. The van der Waals surface area contributed by atoms with Crippen molar-refractivity contribution < 1.29 is 23.9 Å². The average molecular weight is 370 g/mol. The van der Waals surface area contributed by atoms with E-state index in [0.717, 1.165) is 5.56 Å². The molecular formula is C20H22N2O5. The summed E-state index contributed by atoms with van der Waals surface area (Å²) in [5.41, 5.74) is 1.34. The van der Waals surface area contributed by atoms with Crippen molar-refractivity contribution in [2.24, 2.45) is 0 Å². The molecule has 0 unspecified atom stereocenters. The number of hydrogen-bond donors (Lipinski definition) is 2. The Morgan fingerprint density at radius 2 is 1.63 bits per heavy atom. The second-order valence-corrected chi connectivity index (χ2v) is 5.58. The van der Waals surface area contributed by atoms with Crippen molar-refractivity contribution in [3.8, 4) is 5.75 Å². The van der Waals surface area contributed by atoms with E-state index in [1.807, 2.05) is 37.3 Å². The maximum Gasteiger partial charge on any atom is 0.325 e. The molecule has 2 rings (SSSR count). The predicted molar refractivity (Wildman–Crippen MR) is 100 cm³/mol. The summed E-state index contributed by atoms with van der Waals surface area (Å²) in [6.45, 7) is 1.55. The first kappa shape index (κ1) is 20.0. The number of esters is 1. The van der Waals surface area contributed by atoms with E-state index in [2.05, 4.69) is 10.6 Å². The first-order valence-electron chi connectivity index (χ1n) is 8.56. The van der Waals surface area contributed by atoms with Crippen LogP contribution in [0.15, 0.2) is 54.6 Å².